The Morgan fingerprint density at radius 3 is 2.42 bits per heavy atom. The molecule has 26 heavy (non-hydrogen) atoms. The minimum atomic E-state index is -3.61. The van der Waals surface area contributed by atoms with E-state index in [0.717, 1.165) is 10.0 Å². The summed E-state index contributed by atoms with van der Waals surface area (Å²) in [6, 6.07) is 12.4. The van der Waals surface area contributed by atoms with Crippen molar-refractivity contribution in [1.82, 2.24) is 9.62 Å². The van der Waals surface area contributed by atoms with Crippen LogP contribution in [0.2, 0.25) is 0 Å². The third-order valence-electron chi connectivity index (χ3n) is 4.27. The average molecular weight is 441 g/mol. The first-order valence-corrected chi connectivity index (χ1v) is 10.4. The predicted molar refractivity (Wildman–Crippen MR) is 99.3 cm³/mol. The van der Waals surface area contributed by atoms with Crippen molar-refractivity contribution in [1.29, 1.82) is 0 Å². The second-order valence-corrected chi connectivity index (χ2v) is 8.96. The van der Waals surface area contributed by atoms with Gasteiger partial charge in [-0.2, -0.15) is 0 Å². The quantitative estimate of drug-likeness (QED) is 0.750. The number of hydrogen-bond donors (Lipinski definition) is 1. The van der Waals surface area contributed by atoms with E-state index in [9.17, 15) is 17.6 Å². The summed E-state index contributed by atoms with van der Waals surface area (Å²) < 4.78 is 41.0. The van der Waals surface area contributed by atoms with Crippen LogP contribution in [-0.4, -0.2) is 32.3 Å². The highest BCUT2D eigenvalue weighted by Crippen LogP contribution is 2.21. The Kier molecular flexibility index (Phi) is 5.74. The number of carbonyl (C=O) groups is 1. The standard InChI is InChI=1S/C18H18BrFN2O3S/c19-15-3-7-17(8-4-15)26(24,25)21-10-14-9-18(23)22(12-14)11-13-1-5-16(20)6-2-13/h1-8,14,21H,9-12H2/t14-/m0/s1. The van der Waals surface area contributed by atoms with Crippen molar-refractivity contribution in [3.05, 3.63) is 64.4 Å². The van der Waals surface area contributed by atoms with Gasteiger partial charge in [-0.05, 0) is 47.9 Å². The lowest BCUT2D eigenvalue weighted by molar-refractivity contribution is -0.128. The number of nitrogens with zero attached hydrogens (tertiary/aromatic N) is 1. The van der Waals surface area contributed by atoms with E-state index in [0.29, 0.717) is 19.5 Å². The van der Waals surface area contributed by atoms with Gasteiger partial charge in [0, 0.05) is 30.5 Å². The van der Waals surface area contributed by atoms with Crippen LogP contribution in [0.5, 0.6) is 0 Å². The maximum absolute atomic E-state index is 13.0. The van der Waals surface area contributed by atoms with Gasteiger partial charge < -0.3 is 4.90 Å². The Morgan fingerprint density at radius 2 is 1.77 bits per heavy atom. The number of likely N-dealkylation sites (tertiary alicyclic amines) is 1. The first-order valence-electron chi connectivity index (χ1n) is 8.11. The molecule has 138 valence electrons. The summed E-state index contributed by atoms with van der Waals surface area (Å²) in [6.45, 7) is 1.07. The smallest absolute Gasteiger partial charge is 0.240 e. The van der Waals surface area contributed by atoms with Gasteiger partial charge in [0.1, 0.15) is 5.82 Å². The molecule has 0 saturated carbocycles. The molecule has 0 radical (unpaired) electrons. The molecule has 0 spiro atoms. The van der Waals surface area contributed by atoms with Gasteiger partial charge >= 0.3 is 0 Å². The third kappa shape index (κ3) is 4.69. The van der Waals surface area contributed by atoms with Gasteiger partial charge in [0.25, 0.3) is 0 Å². The summed E-state index contributed by atoms with van der Waals surface area (Å²) in [5.74, 6) is -0.433. The molecule has 1 heterocycles. The zero-order chi connectivity index (χ0) is 18.7. The van der Waals surface area contributed by atoms with E-state index < -0.39 is 10.0 Å². The number of halogens is 2. The van der Waals surface area contributed by atoms with Crippen molar-refractivity contribution >= 4 is 31.9 Å². The van der Waals surface area contributed by atoms with Gasteiger partial charge in [-0.15, -0.1) is 0 Å². The molecule has 0 bridgehead atoms. The van der Waals surface area contributed by atoms with E-state index in [1.54, 1.807) is 29.2 Å². The number of rotatable bonds is 6. The van der Waals surface area contributed by atoms with Gasteiger partial charge in [-0.3, -0.25) is 4.79 Å². The molecule has 2 aromatic rings. The van der Waals surface area contributed by atoms with Crippen molar-refractivity contribution in [3.8, 4) is 0 Å². The zero-order valence-electron chi connectivity index (χ0n) is 13.9. The molecule has 8 heteroatoms. The van der Waals surface area contributed by atoms with Crippen LogP contribution in [0.25, 0.3) is 0 Å². The molecule has 0 aliphatic carbocycles. The highest BCUT2D eigenvalue weighted by atomic mass is 79.9. The normalized spacial score (nSPS) is 17.7. The Morgan fingerprint density at radius 1 is 1.12 bits per heavy atom. The van der Waals surface area contributed by atoms with Crippen molar-refractivity contribution in [2.24, 2.45) is 5.92 Å². The van der Waals surface area contributed by atoms with Crippen LogP contribution < -0.4 is 4.72 Å². The molecule has 2 aromatic carbocycles. The number of hydrogen-bond acceptors (Lipinski definition) is 3. The Hall–Kier alpha value is -1.77. The summed E-state index contributed by atoms with van der Waals surface area (Å²) in [5, 5.41) is 0. The Bertz CT molecular complexity index is 886. The van der Waals surface area contributed by atoms with Gasteiger partial charge in [0.2, 0.25) is 15.9 Å². The number of carbonyl (C=O) groups excluding carboxylic acids is 1. The molecule has 1 aliphatic heterocycles. The minimum absolute atomic E-state index is 0.0258. The summed E-state index contributed by atoms with van der Waals surface area (Å²) in [6.07, 6.45) is 0.296. The SMILES string of the molecule is O=C1C[C@@H](CNS(=O)(=O)c2ccc(Br)cc2)CN1Cc1ccc(F)cc1. The summed E-state index contributed by atoms with van der Waals surface area (Å²) in [4.78, 5) is 14.0. The van der Waals surface area contributed by atoms with Crippen molar-refractivity contribution in [2.75, 3.05) is 13.1 Å². The van der Waals surface area contributed by atoms with E-state index >= 15 is 0 Å². The summed E-state index contributed by atoms with van der Waals surface area (Å²) in [5.41, 5.74) is 0.843. The van der Waals surface area contributed by atoms with Crippen LogP contribution in [-0.2, 0) is 21.4 Å². The molecule has 1 N–H and O–H groups in total. The Labute approximate surface area is 160 Å². The summed E-state index contributed by atoms with van der Waals surface area (Å²) in [7, 11) is -3.61. The fourth-order valence-corrected chi connectivity index (χ4v) is 4.26. The van der Waals surface area contributed by atoms with E-state index in [2.05, 4.69) is 20.7 Å². The fourth-order valence-electron chi connectivity index (χ4n) is 2.88. The molecule has 1 atom stereocenters. The lowest BCUT2D eigenvalue weighted by Gasteiger charge is -2.17. The maximum atomic E-state index is 13.0. The first kappa shape index (κ1) is 19.0. The molecule has 1 aliphatic rings. The molecule has 1 amide bonds. The van der Waals surface area contributed by atoms with Gasteiger partial charge in [-0.1, -0.05) is 28.1 Å². The number of amides is 1. The van der Waals surface area contributed by atoms with Crippen LogP contribution in [0.3, 0.4) is 0 Å². The van der Waals surface area contributed by atoms with Crippen molar-refractivity contribution in [3.63, 3.8) is 0 Å². The number of benzene rings is 2. The second-order valence-electron chi connectivity index (χ2n) is 6.28. The molecule has 1 saturated heterocycles. The van der Waals surface area contributed by atoms with E-state index in [4.69, 9.17) is 0 Å². The summed E-state index contributed by atoms with van der Waals surface area (Å²) >= 11 is 3.27. The van der Waals surface area contributed by atoms with E-state index in [-0.39, 0.29) is 29.1 Å². The van der Waals surface area contributed by atoms with E-state index in [1.165, 1.54) is 24.3 Å². The highest BCUT2D eigenvalue weighted by molar-refractivity contribution is 9.10. The first-order chi connectivity index (χ1) is 12.3. The van der Waals surface area contributed by atoms with Crippen LogP contribution in [0.1, 0.15) is 12.0 Å². The van der Waals surface area contributed by atoms with E-state index in [1.807, 2.05) is 0 Å². The van der Waals surface area contributed by atoms with Crippen molar-refractivity contribution < 1.29 is 17.6 Å². The van der Waals surface area contributed by atoms with Crippen LogP contribution >= 0.6 is 15.9 Å². The topological polar surface area (TPSA) is 66.5 Å². The van der Waals surface area contributed by atoms with Crippen LogP contribution in [0, 0.1) is 11.7 Å². The monoisotopic (exact) mass is 440 g/mol. The molecule has 0 aromatic heterocycles. The van der Waals surface area contributed by atoms with Gasteiger partial charge in [-0.25, -0.2) is 17.5 Å². The van der Waals surface area contributed by atoms with Crippen molar-refractivity contribution in [2.45, 2.75) is 17.9 Å². The fraction of sp³-hybridized carbons (Fsp3) is 0.278. The Balaban J connectivity index is 1.57. The lowest BCUT2D eigenvalue weighted by Crippen LogP contribution is -2.31. The third-order valence-corrected chi connectivity index (χ3v) is 6.24. The minimum Gasteiger partial charge on any atom is -0.338 e. The molecule has 1 fully saturated rings. The molecule has 5 nitrogen and oxygen atoms in total. The largest absolute Gasteiger partial charge is 0.338 e. The molecule has 0 unspecified atom stereocenters. The van der Waals surface area contributed by atoms with Crippen LogP contribution in [0.15, 0.2) is 57.9 Å². The number of sulfonamides is 1. The van der Waals surface area contributed by atoms with Gasteiger partial charge in [0.15, 0.2) is 0 Å². The van der Waals surface area contributed by atoms with Crippen LogP contribution in [0.4, 0.5) is 4.39 Å². The number of nitrogens with one attached hydrogen (secondary N) is 1. The van der Waals surface area contributed by atoms with Gasteiger partial charge in [0.05, 0.1) is 4.90 Å². The zero-order valence-corrected chi connectivity index (χ0v) is 16.3. The molecule has 3 rings (SSSR count). The second kappa shape index (κ2) is 7.85. The highest BCUT2D eigenvalue weighted by Gasteiger charge is 2.30. The maximum Gasteiger partial charge on any atom is 0.240 e. The lowest BCUT2D eigenvalue weighted by atomic mass is 10.1. The molecular weight excluding hydrogens is 423 g/mol. The predicted octanol–water partition coefficient (Wildman–Crippen LogP) is 2.92. The molecular formula is C18H18BrFN2O3S. The average Bonchev–Trinajstić information content (AvgIpc) is 2.95.